The normalized spacial score (nSPS) is 10.5. The van der Waals surface area contributed by atoms with E-state index in [4.69, 9.17) is 9.52 Å². The number of carboxylic acids is 1. The number of hydrogen-bond donors (Lipinski definition) is 2. The topological polar surface area (TPSA) is 62.5 Å². The standard InChI is InChI=1S/C14H14FNO3/c1-8-3-4-10(5-13(8)15)16-7-11-6-12(14(17)18)9(2)19-11/h3-6,16H,7H2,1-2H3,(H,17,18). The lowest BCUT2D eigenvalue weighted by molar-refractivity contribution is 0.0695. The van der Waals surface area contributed by atoms with Crippen LogP contribution in [0.15, 0.2) is 28.7 Å². The Labute approximate surface area is 109 Å². The maximum Gasteiger partial charge on any atom is 0.339 e. The smallest absolute Gasteiger partial charge is 0.339 e. The molecule has 0 unspecified atom stereocenters. The molecule has 5 heteroatoms. The van der Waals surface area contributed by atoms with Gasteiger partial charge in [0.25, 0.3) is 0 Å². The van der Waals surface area contributed by atoms with Crippen molar-refractivity contribution in [1.82, 2.24) is 0 Å². The maximum absolute atomic E-state index is 13.3. The summed E-state index contributed by atoms with van der Waals surface area (Å²) in [5, 5.41) is 11.9. The third kappa shape index (κ3) is 2.93. The van der Waals surface area contributed by atoms with Gasteiger partial charge in [0.1, 0.15) is 22.9 Å². The van der Waals surface area contributed by atoms with Crippen LogP contribution in [0.1, 0.15) is 27.4 Å². The Morgan fingerprint density at radius 3 is 2.68 bits per heavy atom. The minimum atomic E-state index is -1.02. The van der Waals surface area contributed by atoms with E-state index >= 15 is 0 Å². The fourth-order valence-electron chi connectivity index (χ4n) is 1.74. The number of halogens is 1. The lowest BCUT2D eigenvalue weighted by atomic mass is 10.2. The Hall–Kier alpha value is -2.30. The van der Waals surface area contributed by atoms with E-state index in [2.05, 4.69) is 5.32 Å². The van der Waals surface area contributed by atoms with Gasteiger partial charge in [-0.25, -0.2) is 9.18 Å². The molecule has 2 N–H and O–H groups in total. The van der Waals surface area contributed by atoms with Gasteiger partial charge >= 0.3 is 5.97 Å². The summed E-state index contributed by atoms with van der Waals surface area (Å²) < 4.78 is 18.7. The molecule has 0 spiro atoms. The Morgan fingerprint density at radius 1 is 1.37 bits per heavy atom. The molecular formula is C14H14FNO3. The Morgan fingerprint density at radius 2 is 2.11 bits per heavy atom. The van der Waals surface area contributed by atoms with E-state index in [1.165, 1.54) is 12.1 Å². The van der Waals surface area contributed by atoms with E-state index < -0.39 is 5.97 Å². The molecule has 1 heterocycles. The van der Waals surface area contributed by atoms with Crippen molar-refractivity contribution in [3.63, 3.8) is 0 Å². The van der Waals surface area contributed by atoms with Crippen LogP contribution in [-0.2, 0) is 6.54 Å². The van der Waals surface area contributed by atoms with Gasteiger partial charge in [0.2, 0.25) is 0 Å². The molecule has 19 heavy (non-hydrogen) atoms. The summed E-state index contributed by atoms with van der Waals surface area (Å²) in [5.74, 6) is -0.448. The van der Waals surface area contributed by atoms with Gasteiger partial charge in [-0.15, -0.1) is 0 Å². The molecule has 100 valence electrons. The van der Waals surface area contributed by atoms with Gasteiger partial charge in [0.05, 0.1) is 6.54 Å². The van der Waals surface area contributed by atoms with Crippen LogP contribution in [0, 0.1) is 19.7 Å². The molecule has 1 aromatic carbocycles. The highest BCUT2D eigenvalue weighted by Crippen LogP contribution is 2.18. The third-order valence-electron chi connectivity index (χ3n) is 2.84. The minimum Gasteiger partial charge on any atom is -0.478 e. The van der Waals surface area contributed by atoms with Crippen LogP contribution in [0.3, 0.4) is 0 Å². The fourth-order valence-corrected chi connectivity index (χ4v) is 1.74. The van der Waals surface area contributed by atoms with Crippen LogP contribution in [0.4, 0.5) is 10.1 Å². The highest BCUT2D eigenvalue weighted by Gasteiger charge is 2.13. The molecule has 0 aliphatic heterocycles. The lowest BCUT2D eigenvalue weighted by Gasteiger charge is -2.05. The molecule has 0 radical (unpaired) electrons. The van der Waals surface area contributed by atoms with Crippen LogP contribution in [0.2, 0.25) is 0 Å². The van der Waals surface area contributed by atoms with Gasteiger partial charge in [0.15, 0.2) is 0 Å². The highest BCUT2D eigenvalue weighted by molar-refractivity contribution is 5.88. The first kappa shape index (κ1) is 13.1. The molecule has 2 rings (SSSR count). The maximum atomic E-state index is 13.3. The number of nitrogens with one attached hydrogen (secondary N) is 1. The summed E-state index contributed by atoms with van der Waals surface area (Å²) >= 11 is 0. The lowest BCUT2D eigenvalue weighted by Crippen LogP contribution is -1.99. The second kappa shape index (κ2) is 5.14. The van der Waals surface area contributed by atoms with Crippen molar-refractivity contribution < 1.29 is 18.7 Å². The van der Waals surface area contributed by atoms with E-state index in [1.807, 2.05) is 0 Å². The number of hydrogen-bond acceptors (Lipinski definition) is 3. The second-order valence-corrected chi connectivity index (χ2v) is 4.31. The number of furan rings is 1. The van der Waals surface area contributed by atoms with Crippen molar-refractivity contribution in [1.29, 1.82) is 0 Å². The molecule has 1 aromatic heterocycles. The number of benzene rings is 1. The predicted octanol–water partition coefficient (Wildman–Crippen LogP) is 3.35. The summed E-state index contributed by atoms with van der Waals surface area (Å²) in [5.41, 5.74) is 1.34. The van der Waals surface area contributed by atoms with Crippen LogP contribution >= 0.6 is 0 Å². The zero-order valence-corrected chi connectivity index (χ0v) is 10.7. The number of aromatic carboxylic acids is 1. The quantitative estimate of drug-likeness (QED) is 0.888. The van der Waals surface area contributed by atoms with E-state index in [9.17, 15) is 9.18 Å². The van der Waals surface area contributed by atoms with Crippen molar-refractivity contribution in [3.05, 3.63) is 52.7 Å². The first-order chi connectivity index (χ1) is 8.97. The van der Waals surface area contributed by atoms with Gasteiger partial charge in [-0.05, 0) is 37.6 Å². The molecule has 0 fully saturated rings. The monoisotopic (exact) mass is 263 g/mol. The van der Waals surface area contributed by atoms with Crippen molar-refractivity contribution in [2.45, 2.75) is 20.4 Å². The summed E-state index contributed by atoms with van der Waals surface area (Å²) in [4.78, 5) is 10.9. The van der Waals surface area contributed by atoms with Crippen LogP contribution < -0.4 is 5.32 Å². The van der Waals surface area contributed by atoms with Gasteiger partial charge < -0.3 is 14.8 Å². The largest absolute Gasteiger partial charge is 0.478 e. The molecule has 0 aliphatic carbocycles. The number of anilines is 1. The zero-order valence-electron chi connectivity index (χ0n) is 10.7. The van der Waals surface area contributed by atoms with Gasteiger partial charge in [0, 0.05) is 5.69 Å². The van der Waals surface area contributed by atoms with Crippen molar-refractivity contribution >= 4 is 11.7 Å². The van der Waals surface area contributed by atoms with E-state index in [0.29, 0.717) is 29.3 Å². The first-order valence-electron chi connectivity index (χ1n) is 5.80. The van der Waals surface area contributed by atoms with Crippen LogP contribution in [0.5, 0.6) is 0 Å². The summed E-state index contributed by atoms with van der Waals surface area (Å²) in [6.45, 7) is 3.59. The van der Waals surface area contributed by atoms with Crippen LogP contribution in [-0.4, -0.2) is 11.1 Å². The molecule has 0 aliphatic rings. The molecule has 0 saturated carbocycles. The average molecular weight is 263 g/mol. The predicted molar refractivity (Wildman–Crippen MR) is 68.9 cm³/mol. The number of carbonyl (C=O) groups is 1. The van der Waals surface area contributed by atoms with Crippen molar-refractivity contribution in [2.24, 2.45) is 0 Å². The molecule has 0 amide bonds. The zero-order chi connectivity index (χ0) is 14.0. The molecule has 4 nitrogen and oxygen atoms in total. The average Bonchev–Trinajstić information content (AvgIpc) is 2.72. The number of carboxylic acid groups (broad SMARTS) is 1. The number of aryl methyl sites for hydroxylation is 2. The van der Waals surface area contributed by atoms with Crippen molar-refractivity contribution in [3.8, 4) is 0 Å². The van der Waals surface area contributed by atoms with E-state index in [0.717, 1.165) is 0 Å². The third-order valence-corrected chi connectivity index (χ3v) is 2.84. The Balaban J connectivity index is 2.08. The van der Waals surface area contributed by atoms with Gasteiger partial charge in [-0.1, -0.05) is 6.07 Å². The highest BCUT2D eigenvalue weighted by atomic mass is 19.1. The Kier molecular flexibility index (Phi) is 3.55. The molecule has 0 bridgehead atoms. The summed E-state index contributed by atoms with van der Waals surface area (Å²) in [6, 6.07) is 6.29. The number of rotatable bonds is 4. The molecule has 2 aromatic rings. The Bertz CT molecular complexity index is 619. The van der Waals surface area contributed by atoms with Gasteiger partial charge in [-0.2, -0.15) is 0 Å². The molecule has 0 atom stereocenters. The summed E-state index contributed by atoms with van der Waals surface area (Å²) in [7, 11) is 0. The summed E-state index contributed by atoms with van der Waals surface area (Å²) in [6.07, 6.45) is 0. The van der Waals surface area contributed by atoms with Crippen LogP contribution in [0.25, 0.3) is 0 Å². The second-order valence-electron chi connectivity index (χ2n) is 4.31. The van der Waals surface area contributed by atoms with Gasteiger partial charge in [-0.3, -0.25) is 0 Å². The van der Waals surface area contributed by atoms with E-state index in [1.54, 1.807) is 26.0 Å². The molecule has 0 saturated heterocycles. The fraction of sp³-hybridized carbons (Fsp3) is 0.214. The molecular weight excluding hydrogens is 249 g/mol. The SMILES string of the molecule is Cc1ccc(NCc2cc(C(=O)O)c(C)o2)cc1F. The minimum absolute atomic E-state index is 0.145. The first-order valence-corrected chi connectivity index (χ1v) is 5.80. The van der Waals surface area contributed by atoms with E-state index in [-0.39, 0.29) is 11.4 Å². The van der Waals surface area contributed by atoms with Crippen molar-refractivity contribution in [2.75, 3.05) is 5.32 Å².